The van der Waals surface area contributed by atoms with Crippen LogP contribution in [0, 0.1) is 34.6 Å². The molecule has 0 radical (unpaired) electrons. The molecule has 0 N–H and O–H groups in total. The van der Waals surface area contributed by atoms with Crippen molar-refractivity contribution in [2.75, 3.05) is 13.1 Å². The van der Waals surface area contributed by atoms with E-state index in [0.717, 1.165) is 6.07 Å². The molecule has 0 fully saturated rings. The highest BCUT2D eigenvalue weighted by molar-refractivity contribution is 8.22. The van der Waals surface area contributed by atoms with Gasteiger partial charge in [-0.15, -0.1) is 0 Å². The van der Waals surface area contributed by atoms with Gasteiger partial charge in [-0.1, -0.05) is 24.0 Å². The molecule has 0 saturated heterocycles. The Hall–Kier alpha value is -1.33. The van der Waals surface area contributed by atoms with Crippen LogP contribution in [0.2, 0.25) is 0 Å². The van der Waals surface area contributed by atoms with Crippen LogP contribution in [0.5, 0.6) is 0 Å². The van der Waals surface area contributed by atoms with Crippen molar-refractivity contribution < 1.29 is 17.6 Å². The Morgan fingerprint density at radius 1 is 1.10 bits per heavy atom. The molecule has 0 aliphatic rings. The van der Waals surface area contributed by atoms with Gasteiger partial charge < -0.3 is 4.90 Å². The first-order chi connectivity index (χ1) is 9.38. The van der Waals surface area contributed by atoms with Crippen molar-refractivity contribution in [3.05, 3.63) is 28.8 Å². The summed E-state index contributed by atoms with van der Waals surface area (Å²) in [4.78, 5) is 0.725. The van der Waals surface area contributed by atoms with Crippen LogP contribution in [-0.2, 0) is 0 Å². The largest absolute Gasteiger partial charge is 0.358 e. The zero-order valence-electron chi connectivity index (χ0n) is 10.6. The second-order valence-corrected chi connectivity index (χ2v) is 5.26. The van der Waals surface area contributed by atoms with E-state index in [4.69, 9.17) is 17.5 Å². The maximum Gasteiger partial charge on any atom is 0.180 e. The van der Waals surface area contributed by atoms with Crippen molar-refractivity contribution >= 4 is 28.3 Å². The van der Waals surface area contributed by atoms with Gasteiger partial charge in [0.25, 0.3) is 0 Å². The molecule has 0 bridgehead atoms. The first kappa shape index (κ1) is 16.7. The molecule has 1 aromatic carbocycles. The molecule has 0 amide bonds. The van der Waals surface area contributed by atoms with Crippen LogP contribution in [0.1, 0.15) is 19.4 Å². The Kier molecular flexibility index (Phi) is 5.77. The van der Waals surface area contributed by atoms with Gasteiger partial charge in [0.1, 0.15) is 16.0 Å². The summed E-state index contributed by atoms with van der Waals surface area (Å²) in [5.41, 5.74) is -1.28. The lowest BCUT2D eigenvalue weighted by Gasteiger charge is -2.21. The molecule has 1 rings (SSSR count). The lowest BCUT2D eigenvalue weighted by atomic mass is 10.2. The number of hydrogen-bond donors (Lipinski definition) is 0. The van der Waals surface area contributed by atoms with Crippen LogP contribution >= 0.6 is 24.0 Å². The summed E-state index contributed by atoms with van der Waals surface area (Å²) in [6.07, 6.45) is 0. The van der Waals surface area contributed by atoms with E-state index in [1.54, 1.807) is 18.7 Å². The molecule has 0 saturated carbocycles. The lowest BCUT2D eigenvalue weighted by Crippen LogP contribution is -2.26. The Balaban J connectivity index is 3.28. The van der Waals surface area contributed by atoms with Gasteiger partial charge in [-0.05, 0) is 13.8 Å². The molecule has 0 unspecified atom stereocenters. The lowest BCUT2D eigenvalue weighted by molar-refractivity contribution is 0.422. The zero-order chi connectivity index (χ0) is 15.4. The minimum absolute atomic E-state index is 0.0938. The Morgan fingerprint density at radius 2 is 1.55 bits per heavy atom. The highest BCUT2D eigenvalue weighted by Crippen LogP contribution is 2.32. The van der Waals surface area contributed by atoms with Crippen molar-refractivity contribution in [2.45, 2.75) is 18.7 Å². The van der Waals surface area contributed by atoms with Crippen LogP contribution in [-0.4, -0.2) is 22.3 Å². The summed E-state index contributed by atoms with van der Waals surface area (Å²) in [5, 5.41) is 8.48. The van der Waals surface area contributed by atoms with Crippen molar-refractivity contribution in [1.82, 2.24) is 4.90 Å². The van der Waals surface area contributed by atoms with E-state index >= 15 is 0 Å². The fourth-order valence-corrected chi connectivity index (χ4v) is 2.86. The van der Waals surface area contributed by atoms with E-state index < -0.39 is 33.7 Å². The highest BCUT2D eigenvalue weighted by Gasteiger charge is 2.27. The molecule has 0 heterocycles. The molecule has 20 heavy (non-hydrogen) atoms. The second kappa shape index (κ2) is 6.90. The number of nitriles is 1. The van der Waals surface area contributed by atoms with Crippen LogP contribution in [0.4, 0.5) is 17.6 Å². The highest BCUT2D eigenvalue weighted by atomic mass is 32.2. The van der Waals surface area contributed by atoms with Crippen molar-refractivity contribution in [2.24, 2.45) is 0 Å². The maximum absolute atomic E-state index is 13.7. The van der Waals surface area contributed by atoms with Crippen molar-refractivity contribution in [3.8, 4) is 6.07 Å². The van der Waals surface area contributed by atoms with Crippen LogP contribution in [0.15, 0.2) is 4.90 Å². The third-order valence-electron chi connectivity index (χ3n) is 2.55. The minimum atomic E-state index is -1.71. The maximum atomic E-state index is 13.7. The summed E-state index contributed by atoms with van der Waals surface area (Å²) < 4.78 is 54.4. The summed E-state index contributed by atoms with van der Waals surface area (Å²) in [7, 11) is 0. The third kappa shape index (κ3) is 3.04. The third-order valence-corrected chi connectivity index (χ3v) is 4.05. The number of thiocarbonyl (C=S) groups is 1. The first-order valence-electron chi connectivity index (χ1n) is 5.61. The van der Waals surface area contributed by atoms with Gasteiger partial charge in [0, 0.05) is 13.1 Å². The molecule has 0 aliphatic heterocycles. The fourth-order valence-electron chi connectivity index (χ4n) is 1.43. The SMILES string of the molecule is CCN(CC)C(=S)Sc1c(F)c(F)c(C#N)c(F)c1F. The number of nitrogens with zero attached hydrogens (tertiary/aromatic N) is 2. The molecule has 8 heteroatoms. The first-order valence-corrected chi connectivity index (χ1v) is 6.84. The topological polar surface area (TPSA) is 27.0 Å². The van der Waals surface area contributed by atoms with Gasteiger partial charge in [-0.2, -0.15) is 5.26 Å². The molecular weight excluding hydrogens is 312 g/mol. The molecule has 108 valence electrons. The Labute approximate surface area is 123 Å². The summed E-state index contributed by atoms with van der Waals surface area (Å²) in [5.74, 6) is -6.65. The van der Waals surface area contributed by atoms with E-state index in [0.29, 0.717) is 24.9 Å². The standard InChI is InChI=1S/C12H10F4N2S2/c1-3-18(4-2)12(19)20-11-9(15)7(13)6(5-17)8(14)10(11)16/h3-4H2,1-2H3. The van der Waals surface area contributed by atoms with Gasteiger partial charge in [-0.3, -0.25) is 0 Å². The number of thioether (sulfide) groups is 1. The van der Waals surface area contributed by atoms with E-state index in [1.165, 1.54) is 0 Å². The van der Waals surface area contributed by atoms with Gasteiger partial charge >= 0.3 is 0 Å². The van der Waals surface area contributed by atoms with E-state index in [1.807, 2.05) is 0 Å². The van der Waals surface area contributed by atoms with Crippen molar-refractivity contribution in [1.29, 1.82) is 5.26 Å². The summed E-state index contributed by atoms with van der Waals surface area (Å²) in [6, 6.07) is 1.09. The average Bonchev–Trinajstić information content (AvgIpc) is 2.43. The monoisotopic (exact) mass is 322 g/mol. The molecule has 0 atom stereocenters. The van der Waals surface area contributed by atoms with E-state index in [2.05, 4.69) is 0 Å². The quantitative estimate of drug-likeness (QED) is 0.366. The number of benzene rings is 1. The molecular formula is C12H10F4N2S2. The van der Waals surface area contributed by atoms with Gasteiger partial charge in [-0.25, -0.2) is 17.6 Å². The fraction of sp³-hybridized carbons (Fsp3) is 0.333. The minimum Gasteiger partial charge on any atom is -0.358 e. The smallest absolute Gasteiger partial charge is 0.180 e. The predicted molar refractivity (Wildman–Crippen MR) is 72.4 cm³/mol. The Morgan fingerprint density at radius 3 is 1.90 bits per heavy atom. The molecule has 0 aromatic heterocycles. The molecule has 0 spiro atoms. The van der Waals surface area contributed by atoms with Crippen LogP contribution in [0.3, 0.4) is 0 Å². The van der Waals surface area contributed by atoms with E-state index in [-0.39, 0.29) is 4.32 Å². The van der Waals surface area contributed by atoms with E-state index in [9.17, 15) is 17.6 Å². The van der Waals surface area contributed by atoms with Gasteiger partial charge in [0.05, 0.1) is 4.90 Å². The van der Waals surface area contributed by atoms with Crippen molar-refractivity contribution in [3.63, 3.8) is 0 Å². The number of hydrogen-bond acceptors (Lipinski definition) is 3. The summed E-state index contributed by atoms with van der Waals surface area (Å²) >= 11 is 5.39. The molecule has 1 aromatic rings. The van der Waals surface area contributed by atoms with Gasteiger partial charge in [0.15, 0.2) is 23.3 Å². The van der Waals surface area contributed by atoms with Crippen LogP contribution in [0.25, 0.3) is 0 Å². The number of halogens is 4. The van der Waals surface area contributed by atoms with Crippen LogP contribution < -0.4 is 0 Å². The zero-order valence-corrected chi connectivity index (χ0v) is 12.3. The normalized spacial score (nSPS) is 10.2. The molecule has 2 nitrogen and oxygen atoms in total. The molecule has 0 aliphatic carbocycles. The average molecular weight is 322 g/mol. The predicted octanol–water partition coefficient (Wildman–Crippen LogP) is 3.83. The summed E-state index contributed by atoms with van der Waals surface area (Å²) in [6.45, 7) is 4.55. The second-order valence-electron chi connectivity index (χ2n) is 3.61. The van der Waals surface area contributed by atoms with Gasteiger partial charge in [0.2, 0.25) is 0 Å². The number of rotatable bonds is 3. The Bertz CT molecular complexity index is 551.